The smallest absolute Gasteiger partial charge is 0.127 e. The van der Waals surface area contributed by atoms with Crippen LogP contribution in [0.5, 0.6) is 5.75 Å². The number of methoxy groups -OCH3 is 1. The molecule has 0 spiro atoms. The molecular weight excluding hydrogens is 218 g/mol. The number of hydrogen-bond acceptors (Lipinski definition) is 4. The van der Waals surface area contributed by atoms with Gasteiger partial charge in [0, 0.05) is 7.11 Å². The molecule has 0 unspecified atom stereocenters. The molecule has 0 aliphatic carbocycles. The van der Waals surface area contributed by atoms with E-state index in [0.29, 0.717) is 0 Å². The van der Waals surface area contributed by atoms with E-state index >= 15 is 0 Å². The molecule has 0 amide bonds. The van der Waals surface area contributed by atoms with Crippen LogP contribution in [0, 0.1) is 13.8 Å². The van der Waals surface area contributed by atoms with Gasteiger partial charge in [-0.3, -0.25) is 0 Å². The lowest BCUT2D eigenvalue weighted by molar-refractivity contribution is 0.202. The van der Waals surface area contributed by atoms with E-state index in [1.54, 1.807) is 7.11 Å². The van der Waals surface area contributed by atoms with E-state index in [-0.39, 0.29) is 6.61 Å². The van der Waals surface area contributed by atoms with Crippen LogP contribution in [-0.4, -0.2) is 31.7 Å². The van der Waals surface area contributed by atoms with Gasteiger partial charge in [-0.05, 0) is 43.0 Å². The molecule has 0 radical (unpaired) electrons. The van der Waals surface area contributed by atoms with Gasteiger partial charge in [-0.2, -0.15) is 0 Å². The van der Waals surface area contributed by atoms with Gasteiger partial charge in [-0.25, -0.2) is 0 Å². The summed E-state index contributed by atoms with van der Waals surface area (Å²) in [6.07, 6.45) is 2.22. The molecular formula is C13H19NO3. The van der Waals surface area contributed by atoms with Gasteiger partial charge in [0.1, 0.15) is 12.4 Å². The second-order valence-corrected chi connectivity index (χ2v) is 3.82. The van der Waals surface area contributed by atoms with E-state index in [9.17, 15) is 0 Å². The first-order chi connectivity index (χ1) is 8.20. The van der Waals surface area contributed by atoms with Crippen LogP contribution in [0.3, 0.4) is 0 Å². The minimum Gasteiger partial charge on any atom is -0.488 e. The first-order valence-corrected chi connectivity index (χ1v) is 5.57. The Hall–Kier alpha value is -1.55. The van der Waals surface area contributed by atoms with Crippen molar-refractivity contribution in [3.8, 4) is 5.75 Å². The van der Waals surface area contributed by atoms with Gasteiger partial charge in [0.25, 0.3) is 0 Å². The minimum absolute atomic E-state index is 0.272. The Labute approximate surface area is 102 Å². The van der Waals surface area contributed by atoms with Gasteiger partial charge in [-0.1, -0.05) is 11.2 Å². The third-order valence-corrected chi connectivity index (χ3v) is 2.82. The van der Waals surface area contributed by atoms with Gasteiger partial charge in [0.15, 0.2) is 0 Å². The number of nitrogens with zero attached hydrogens (tertiary/aromatic N) is 1. The predicted molar refractivity (Wildman–Crippen MR) is 67.3 cm³/mol. The Morgan fingerprint density at radius 1 is 1.29 bits per heavy atom. The standard InChI is InChI=1S/C13H19NO3/c1-10-11(2)13(17-9-7-14-15)5-4-12(10)6-8-16-3/h4-5,7,15H,6,8-9H2,1-3H3. The summed E-state index contributed by atoms with van der Waals surface area (Å²) in [6.45, 7) is 5.09. The van der Waals surface area contributed by atoms with Gasteiger partial charge in [-0.15, -0.1) is 0 Å². The molecule has 0 saturated carbocycles. The predicted octanol–water partition coefficient (Wildman–Crippen LogP) is 2.33. The zero-order valence-electron chi connectivity index (χ0n) is 10.6. The van der Waals surface area contributed by atoms with Crippen LogP contribution in [0.2, 0.25) is 0 Å². The van der Waals surface area contributed by atoms with Crippen LogP contribution in [0.25, 0.3) is 0 Å². The molecule has 0 aliphatic rings. The number of benzene rings is 1. The van der Waals surface area contributed by atoms with Crippen LogP contribution < -0.4 is 4.74 Å². The zero-order valence-corrected chi connectivity index (χ0v) is 10.6. The maximum Gasteiger partial charge on any atom is 0.127 e. The summed E-state index contributed by atoms with van der Waals surface area (Å²) in [4.78, 5) is 0. The molecule has 0 saturated heterocycles. The van der Waals surface area contributed by atoms with Gasteiger partial charge >= 0.3 is 0 Å². The van der Waals surface area contributed by atoms with E-state index in [4.69, 9.17) is 14.7 Å². The van der Waals surface area contributed by atoms with Crippen molar-refractivity contribution in [2.75, 3.05) is 20.3 Å². The van der Waals surface area contributed by atoms with Crippen molar-refractivity contribution < 1.29 is 14.7 Å². The molecule has 4 heteroatoms. The van der Waals surface area contributed by atoms with Crippen LogP contribution in [0.4, 0.5) is 0 Å². The van der Waals surface area contributed by atoms with Gasteiger partial charge < -0.3 is 14.7 Å². The molecule has 94 valence electrons. The van der Waals surface area contributed by atoms with Crippen molar-refractivity contribution >= 4 is 6.21 Å². The highest BCUT2D eigenvalue weighted by Crippen LogP contribution is 2.24. The first-order valence-electron chi connectivity index (χ1n) is 5.57. The molecule has 1 N–H and O–H groups in total. The number of ether oxygens (including phenoxy) is 2. The lowest BCUT2D eigenvalue weighted by atomic mass is 10.0. The maximum absolute atomic E-state index is 8.28. The molecule has 0 atom stereocenters. The lowest BCUT2D eigenvalue weighted by Gasteiger charge is -2.13. The largest absolute Gasteiger partial charge is 0.488 e. The molecule has 0 bridgehead atoms. The molecule has 17 heavy (non-hydrogen) atoms. The summed E-state index contributed by atoms with van der Waals surface area (Å²) in [5.74, 6) is 0.823. The van der Waals surface area contributed by atoms with Crippen molar-refractivity contribution in [2.45, 2.75) is 20.3 Å². The molecule has 4 nitrogen and oxygen atoms in total. The van der Waals surface area contributed by atoms with Crippen molar-refractivity contribution in [2.24, 2.45) is 5.16 Å². The number of oxime groups is 1. The summed E-state index contributed by atoms with van der Waals surface area (Å²) in [5, 5.41) is 11.2. The SMILES string of the molecule is COCCc1ccc(OCC=NO)c(C)c1C. The molecule has 1 aromatic carbocycles. The maximum atomic E-state index is 8.28. The Kier molecular flexibility index (Phi) is 5.49. The Bertz CT molecular complexity index is 388. The monoisotopic (exact) mass is 237 g/mol. The second kappa shape index (κ2) is 6.91. The molecule has 0 aliphatic heterocycles. The van der Waals surface area contributed by atoms with Gasteiger partial charge in [0.05, 0.1) is 12.8 Å². The van der Waals surface area contributed by atoms with Crippen LogP contribution in [0.15, 0.2) is 17.3 Å². The van der Waals surface area contributed by atoms with E-state index in [0.717, 1.165) is 24.3 Å². The molecule has 1 aromatic rings. The quantitative estimate of drug-likeness (QED) is 0.469. The van der Waals surface area contributed by atoms with Crippen molar-refractivity contribution in [1.82, 2.24) is 0 Å². The van der Waals surface area contributed by atoms with Crippen molar-refractivity contribution in [3.63, 3.8) is 0 Å². The van der Waals surface area contributed by atoms with E-state index in [1.165, 1.54) is 17.3 Å². The fourth-order valence-corrected chi connectivity index (χ4v) is 1.65. The van der Waals surface area contributed by atoms with Crippen molar-refractivity contribution in [3.05, 3.63) is 28.8 Å². The topological polar surface area (TPSA) is 51.0 Å². The third-order valence-electron chi connectivity index (χ3n) is 2.82. The van der Waals surface area contributed by atoms with Crippen LogP contribution >= 0.6 is 0 Å². The van der Waals surface area contributed by atoms with E-state index in [1.807, 2.05) is 19.1 Å². The Morgan fingerprint density at radius 3 is 2.71 bits per heavy atom. The number of hydrogen-bond donors (Lipinski definition) is 1. The third kappa shape index (κ3) is 3.75. The average Bonchev–Trinajstić information content (AvgIpc) is 2.34. The zero-order chi connectivity index (χ0) is 12.7. The Balaban J connectivity index is 2.78. The van der Waals surface area contributed by atoms with Crippen LogP contribution in [-0.2, 0) is 11.2 Å². The molecule has 0 fully saturated rings. The van der Waals surface area contributed by atoms with Crippen molar-refractivity contribution in [1.29, 1.82) is 0 Å². The lowest BCUT2D eigenvalue weighted by Crippen LogP contribution is -2.03. The van der Waals surface area contributed by atoms with E-state index in [2.05, 4.69) is 12.1 Å². The summed E-state index contributed by atoms with van der Waals surface area (Å²) < 4.78 is 10.6. The van der Waals surface area contributed by atoms with Gasteiger partial charge in [0.2, 0.25) is 0 Å². The summed E-state index contributed by atoms with van der Waals surface area (Å²) >= 11 is 0. The summed E-state index contributed by atoms with van der Waals surface area (Å²) in [7, 11) is 1.70. The highest BCUT2D eigenvalue weighted by atomic mass is 16.5. The minimum atomic E-state index is 0.272. The molecule has 0 aromatic heterocycles. The number of rotatable bonds is 6. The highest BCUT2D eigenvalue weighted by molar-refractivity contribution is 5.58. The second-order valence-electron chi connectivity index (χ2n) is 3.82. The summed E-state index contributed by atoms with van der Waals surface area (Å²) in [5.41, 5.74) is 3.61. The van der Waals surface area contributed by atoms with E-state index < -0.39 is 0 Å². The molecule has 1 rings (SSSR count). The highest BCUT2D eigenvalue weighted by Gasteiger charge is 2.06. The van der Waals surface area contributed by atoms with Crippen LogP contribution in [0.1, 0.15) is 16.7 Å². The molecule has 0 heterocycles. The normalized spacial score (nSPS) is 11.0. The average molecular weight is 237 g/mol. The first kappa shape index (κ1) is 13.5. The fraction of sp³-hybridized carbons (Fsp3) is 0.462. The summed E-state index contributed by atoms with van der Waals surface area (Å²) in [6, 6.07) is 3.99. The Morgan fingerprint density at radius 2 is 2.06 bits per heavy atom. The fourth-order valence-electron chi connectivity index (χ4n) is 1.65.